The zero-order valence-electron chi connectivity index (χ0n) is 14.4. The monoisotopic (exact) mass is 346 g/mol. The number of hydrogen-bond acceptors (Lipinski definition) is 7. The zero-order valence-corrected chi connectivity index (χ0v) is 14.4. The number of likely N-dealkylation sites (N-methyl/N-ethyl adjacent to an activating group) is 1. The topological polar surface area (TPSA) is 97.6 Å². The number of amides is 1. The van der Waals surface area contributed by atoms with E-state index in [9.17, 15) is 9.59 Å². The number of aromatic nitrogens is 2. The zero-order chi connectivity index (χ0) is 17.8. The number of nitrogens with one attached hydrogen (secondary N) is 1. The molecule has 3 rings (SSSR count). The van der Waals surface area contributed by atoms with Crippen LogP contribution in [0.3, 0.4) is 0 Å². The number of hydrogen-bond donors (Lipinski definition) is 1. The lowest BCUT2D eigenvalue weighted by atomic mass is 9.91. The first-order valence-electron chi connectivity index (χ1n) is 8.42. The predicted molar refractivity (Wildman–Crippen MR) is 90.0 cm³/mol. The van der Waals surface area contributed by atoms with E-state index in [0.717, 1.165) is 25.7 Å². The number of carbonyl (C=O) groups excluding carboxylic acids is 2. The molecule has 8 heteroatoms. The third-order valence-electron chi connectivity index (χ3n) is 4.63. The fourth-order valence-electron chi connectivity index (χ4n) is 3.21. The summed E-state index contributed by atoms with van der Waals surface area (Å²) in [5.74, 6) is -0.287. The highest BCUT2D eigenvalue weighted by molar-refractivity contribution is 5.97. The smallest absolute Gasteiger partial charge is 0.320 e. The van der Waals surface area contributed by atoms with Crippen LogP contribution >= 0.6 is 0 Å². The van der Waals surface area contributed by atoms with E-state index < -0.39 is 0 Å². The Morgan fingerprint density at radius 3 is 2.68 bits per heavy atom. The molecule has 134 valence electrons. The van der Waals surface area contributed by atoms with Crippen molar-refractivity contribution < 1.29 is 19.0 Å². The molecule has 0 spiro atoms. The van der Waals surface area contributed by atoms with E-state index >= 15 is 0 Å². The molecule has 1 N–H and O–H groups in total. The van der Waals surface area contributed by atoms with Crippen LogP contribution in [-0.4, -0.2) is 59.9 Å². The maximum absolute atomic E-state index is 12.7. The van der Waals surface area contributed by atoms with E-state index in [0.29, 0.717) is 16.6 Å². The second-order valence-electron chi connectivity index (χ2n) is 6.33. The normalized spacial score (nSPS) is 20.4. The van der Waals surface area contributed by atoms with Gasteiger partial charge in [0, 0.05) is 18.7 Å². The molecule has 1 amide bonds. The van der Waals surface area contributed by atoms with Gasteiger partial charge in [-0.15, -0.1) is 0 Å². The Bertz CT molecular complexity index is 752. The number of carbonyl (C=O) groups is 2. The molecule has 1 aliphatic rings. The molecule has 1 aromatic carbocycles. The highest BCUT2D eigenvalue weighted by Gasteiger charge is 2.28. The van der Waals surface area contributed by atoms with E-state index in [1.54, 1.807) is 30.1 Å². The minimum Gasteiger partial charge on any atom is -0.461 e. The van der Waals surface area contributed by atoms with Crippen LogP contribution in [0, 0.1) is 0 Å². The molecule has 0 atom stereocenters. The molecule has 25 heavy (non-hydrogen) atoms. The predicted octanol–water partition coefficient (Wildman–Crippen LogP) is 1.37. The fraction of sp³-hybridized carbons (Fsp3) is 0.529. The molecular weight excluding hydrogens is 324 g/mol. The lowest BCUT2D eigenvalue weighted by Gasteiger charge is -2.34. The van der Waals surface area contributed by atoms with Crippen molar-refractivity contribution in [3.8, 4) is 0 Å². The highest BCUT2D eigenvalue weighted by Crippen LogP contribution is 2.26. The molecule has 8 nitrogen and oxygen atoms in total. The summed E-state index contributed by atoms with van der Waals surface area (Å²) >= 11 is 0. The number of nitrogens with zero attached hydrogens (tertiary/aromatic N) is 3. The third kappa shape index (κ3) is 3.96. The van der Waals surface area contributed by atoms with Crippen molar-refractivity contribution in [3.05, 3.63) is 23.8 Å². The van der Waals surface area contributed by atoms with Gasteiger partial charge in [-0.05, 0) is 61.2 Å². The molecule has 0 unspecified atom stereocenters. The molecule has 2 aromatic rings. The van der Waals surface area contributed by atoms with E-state index in [1.807, 2.05) is 7.05 Å². The van der Waals surface area contributed by atoms with Gasteiger partial charge in [-0.3, -0.25) is 9.59 Å². The fourth-order valence-corrected chi connectivity index (χ4v) is 3.21. The summed E-state index contributed by atoms with van der Waals surface area (Å²) in [5, 5.41) is 10.3. The summed E-state index contributed by atoms with van der Waals surface area (Å²) in [7, 11) is 3.52. The largest absolute Gasteiger partial charge is 0.461 e. The first-order chi connectivity index (χ1) is 12.1. The summed E-state index contributed by atoms with van der Waals surface area (Å²) in [6, 6.07) is 5.29. The van der Waals surface area contributed by atoms with Crippen molar-refractivity contribution >= 4 is 22.9 Å². The van der Waals surface area contributed by atoms with Crippen molar-refractivity contribution in [1.29, 1.82) is 0 Å². The number of ether oxygens (including phenoxy) is 1. The average molecular weight is 346 g/mol. The van der Waals surface area contributed by atoms with Crippen LogP contribution < -0.4 is 5.32 Å². The summed E-state index contributed by atoms with van der Waals surface area (Å²) in [5.41, 5.74) is 1.76. The first kappa shape index (κ1) is 17.3. The Labute approximate surface area is 145 Å². The van der Waals surface area contributed by atoms with Crippen molar-refractivity contribution in [2.45, 2.75) is 37.8 Å². The Morgan fingerprint density at radius 2 is 1.96 bits per heavy atom. The van der Waals surface area contributed by atoms with Gasteiger partial charge in [-0.2, -0.15) is 0 Å². The summed E-state index contributed by atoms with van der Waals surface area (Å²) in [4.78, 5) is 26.0. The molecule has 0 radical (unpaired) electrons. The Hall–Kier alpha value is -2.48. The Morgan fingerprint density at radius 1 is 1.24 bits per heavy atom. The van der Waals surface area contributed by atoms with E-state index in [2.05, 4.69) is 20.3 Å². The van der Waals surface area contributed by atoms with Gasteiger partial charge >= 0.3 is 5.97 Å². The molecule has 1 aromatic heterocycles. The summed E-state index contributed by atoms with van der Waals surface area (Å²) in [6.07, 6.45) is 3.10. The van der Waals surface area contributed by atoms with Gasteiger partial charge in [0.2, 0.25) is 0 Å². The van der Waals surface area contributed by atoms with E-state index in [1.165, 1.54) is 0 Å². The van der Waals surface area contributed by atoms with Crippen LogP contribution in [0.4, 0.5) is 0 Å². The van der Waals surface area contributed by atoms with Gasteiger partial charge in [0.05, 0.1) is 6.54 Å². The van der Waals surface area contributed by atoms with Crippen molar-refractivity contribution in [3.63, 3.8) is 0 Å². The van der Waals surface area contributed by atoms with Gasteiger partial charge in [0.15, 0.2) is 0 Å². The lowest BCUT2D eigenvalue weighted by molar-refractivity contribution is -0.149. The van der Waals surface area contributed by atoms with E-state index in [4.69, 9.17) is 4.74 Å². The first-order valence-corrected chi connectivity index (χ1v) is 8.42. The molecule has 0 bridgehead atoms. The van der Waals surface area contributed by atoms with Crippen molar-refractivity contribution in [2.24, 2.45) is 0 Å². The van der Waals surface area contributed by atoms with Crippen molar-refractivity contribution in [1.82, 2.24) is 20.5 Å². The van der Waals surface area contributed by atoms with Gasteiger partial charge < -0.3 is 15.0 Å². The average Bonchev–Trinajstić information content (AvgIpc) is 3.09. The van der Waals surface area contributed by atoms with Crippen LogP contribution in [-0.2, 0) is 9.53 Å². The maximum atomic E-state index is 12.7. The maximum Gasteiger partial charge on any atom is 0.320 e. The van der Waals surface area contributed by atoms with Crippen LogP contribution in [0.15, 0.2) is 22.8 Å². The Kier molecular flexibility index (Phi) is 5.28. The number of esters is 1. The second-order valence-corrected chi connectivity index (χ2v) is 6.33. The standard InChI is InChI=1S/C17H22N4O4/c1-18-10-16(22)24-13-6-4-12(5-7-13)21(2)17(23)11-3-8-14-15(9-11)20-25-19-14/h3,8-9,12-13,18H,4-7,10H2,1-2H3. The molecule has 0 saturated heterocycles. The van der Waals surface area contributed by atoms with Crippen LogP contribution in [0.2, 0.25) is 0 Å². The minimum atomic E-state index is -0.232. The molecule has 1 saturated carbocycles. The summed E-state index contributed by atoms with van der Waals surface area (Å²) < 4.78 is 10.1. The summed E-state index contributed by atoms with van der Waals surface area (Å²) in [6.45, 7) is 0.220. The minimum absolute atomic E-state index is 0.0551. The number of rotatable bonds is 5. The number of benzene rings is 1. The van der Waals surface area contributed by atoms with Crippen LogP contribution in [0.5, 0.6) is 0 Å². The molecule has 0 aliphatic heterocycles. The van der Waals surface area contributed by atoms with Gasteiger partial charge in [-0.25, -0.2) is 4.63 Å². The SMILES string of the molecule is CNCC(=O)OC1CCC(N(C)C(=O)c2ccc3nonc3c2)CC1. The van der Waals surface area contributed by atoms with Gasteiger partial charge in [-0.1, -0.05) is 0 Å². The second kappa shape index (κ2) is 7.60. The molecule has 1 aliphatic carbocycles. The quantitative estimate of drug-likeness (QED) is 0.817. The van der Waals surface area contributed by atoms with Crippen LogP contribution in [0.25, 0.3) is 11.0 Å². The Balaban J connectivity index is 1.57. The molecule has 1 heterocycles. The highest BCUT2D eigenvalue weighted by atomic mass is 16.6. The van der Waals surface area contributed by atoms with Gasteiger partial charge in [0.25, 0.3) is 5.91 Å². The van der Waals surface area contributed by atoms with Gasteiger partial charge in [0.1, 0.15) is 17.1 Å². The third-order valence-corrected chi connectivity index (χ3v) is 4.63. The van der Waals surface area contributed by atoms with E-state index in [-0.39, 0.29) is 30.6 Å². The van der Waals surface area contributed by atoms with Crippen molar-refractivity contribution in [2.75, 3.05) is 20.6 Å². The molecular formula is C17H22N4O4. The number of fused-ring (bicyclic) bond motifs is 1. The lowest BCUT2D eigenvalue weighted by Crippen LogP contribution is -2.41. The van der Waals surface area contributed by atoms with Crippen LogP contribution in [0.1, 0.15) is 36.0 Å². The molecule has 1 fully saturated rings.